The van der Waals surface area contributed by atoms with Gasteiger partial charge in [0.25, 0.3) is 0 Å². The number of ether oxygens (including phenoxy) is 3. The lowest BCUT2D eigenvalue weighted by Gasteiger charge is -2.50. The Kier molecular flexibility index (Phi) is 5.34. The number of rotatable bonds is 4. The Balaban J connectivity index is 1.62. The van der Waals surface area contributed by atoms with Gasteiger partial charge in [-0.1, -0.05) is 13.0 Å². The number of methoxy groups -OCH3 is 1. The number of carbonyl (C=O) groups excluding carboxylic acids is 2. The van der Waals surface area contributed by atoms with Crippen LogP contribution in [0.1, 0.15) is 63.5 Å². The average Bonchev–Trinajstić information content (AvgIpc) is 2.97. The van der Waals surface area contributed by atoms with E-state index in [9.17, 15) is 9.59 Å². The van der Waals surface area contributed by atoms with Gasteiger partial charge in [0.15, 0.2) is 0 Å². The van der Waals surface area contributed by atoms with Crippen molar-refractivity contribution in [3.05, 3.63) is 29.3 Å². The van der Waals surface area contributed by atoms with E-state index < -0.39 is 0 Å². The Hall–Kier alpha value is -2.04. The van der Waals surface area contributed by atoms with E-state index in [0.29, 0.717) is 24.4 Å². The maximum atomic E-state index is 11.9. The standard InChI is InChI=1S/C24H32O5/c1-14(25)28-13-17-12-22-21-7-5-16-11-18(27-4)6-8-19(16)20(21)9-10-24(22,3)23(17)29-15(2)26/h6,8,11,17,20-23H,5,7,9-10,12-13H2,1-4H3/t17-,20-,21-,22+,23+,24+/m1/s1. The molecule has 0 spiro atoms. The van der Waals surface area contributed by atoms with Crippen molar-refractivity contribution in [1.82, 2.24) is 0 Å². The van der Waals surface area contributed by atoms with Gasteiger partial charge in [-0.2, -0.15) is 0 Å². The van der Waals surface area contributed by atoms with Gasteiger partial charge in [-0.25, -0.2) is 0 Å². The van der Waals surface area contributed by atoms with Crippen molar-refractivity contribution < 1.29 is 23.8 Å². The molecule has 0 bridgehead atoms. The normalized spacial score (nSPS) is 35.1. The van der Waals surface area contributed by atoms with Crippen LogP contribution in [0, 0.1) is 23.2 Å². The number of hydrogen-bond donors (Lipinski definition) is 0. The third kappa shape index (κ3) is 3.53. The summed E-state index contributed by atoms with van der Waals surface area (Å²) in [5.41, 5.74) is 2.83. The van der Waals surface area contributed by atoms with Crippen molar-refractivity contribution >= 4 is 11.9 Å². The van der Waals surface area contributed by atoms with Crippen LogP contribution in [0.3, 0.4) is 0 Å². The molecule has 0 unspecified atom stereocenters. The highest BCUT2D eigenvalue weighted by Crippen LogP contribution is 2.63. The number of benzene rings is 1. The lowest BCUT2D eigenvalue weighted by atomic mass is 9.55. The molecule has 2 fully saturated rings. The van der Waals surface area contributed by atoms with Crippen molar-refractivity contribution in [3.63, 3.8) is 0 Å². The third-order valence-corrected chi connectivity index (χ3v) is 7.80. The maximum absolute atomic E-state index is 11.9. The van der Waals surface area contributed by atoms with E-state index in [1.807, 2.05) is 0 Å². The molecule has 0 saturated heterocycles. The Morgan fingerprint density at radius 3 is 2.66 bits per heavy atom. The van der Waals surface area contributed by atoms with E-state index in [1.54, 1.807) is 7.11 Å². The quantitative estimate of drug-likeness (QED) is 0.706. The highest BCUT2D eigenvalue weighted by Gasteiger charge is 2.59. The molecule has 3 aliphatic carbocycles. The summed E-state index contributed by atoms with van der Waals surface area (Å²) in [4.78, 5) is 23.3. The van der Waals surface area contributed by atoms with E-state index in [0.717, 1.165) is 37.9 Å². The van der Waals surface area contributed by atoms with Crippen LogP contribution < -0.4 is 4.74 Å². The number of esters is 2. The van der Waals surface area contributed by atoms with Crippen molar-refractivity contribution in [1.29, 1.82) is 0 Å². The topological polar surface area (TPSA) is 61.8 Å². The molecule has 4 rings (SSSR count). The first-order valence-corrected chi connectivity index (χ1v) is 10.8. The Bertz CT molecular complexity index is 802. The summed E-state index contributed by atoms with van der Waals surface area (Å²) in [5, 5.41) is 0. The van der Waals surface area contributed by atoms with E-state index >= 15 is 0 Å². The van der Waals surface area contributed by atoms with Gasteiger partial charge in [0, 0.05) is 25.2 Å². The highest BCUT2D eigenvalue weighted by atomic mass is 16.6. The van der Waals surface area contributed by atoms with Gasteiger partial charge in [0.05, 0.1) is 13.7 Å². The zero-order chi connectivity index (χ0) is 20.8. The molecule has 0 aromatic heterocycles. The first-order chi connectivity index (χ1) is 13.8. The Labute approximate surface area is 173 Å². The lowest BCUT2D eigenvalue weighted by Crippen LogP contribution is -2.46. The summed E-state index contributed by atoms with van der Waals surface area (Å²) in [6.45, 7) is 5.55. The monoisotopic (exact) mass is 400 g/mol. The van der Waals surface area contributed by atoms with Crippen LogP contribution in [0.25, 0.3) is 0 Å². The molecule has 6 atom stereocenters. The van der Waals surface area contributed by atoms with Gasteiger partial charge in [-0.05, 0) is 73.1 Å². The number of hydrogen-bond acceptors (Lipinski definition) is 5. The molecular formula is C24H32O5. The molecule has 5 nitrogen and oxygen atoms in total. The van der Waals surface area contributed by atoms with Crippen LogP contribution >= 0.6 is 0 Å². The predicted octanol–water partition coefficient (Wildman–Crippen LogP) is 4.27. The molecule has 29 heavy (non-hydrogen) atoms. The molecule has 2 saturated carbocycles. The summed E-state index contributed by atoms with van der Waals surface area (Å²) in [7, 11) is 1.72. The van der Waals surface area contributed by atoms with Crippen LogP contribution in [-0.4, -0.2) is 31.8 Å². The van der Waals surface area contributed by atoms with Gasteiger partial charge in [0.1, 0.15) is 11.9 Å². The molecule has 1 aromatic rings. The molecule has 0 amide bonds. The molecule has 0 heterocycles. The molecule has 0 radical (unpaired) electrons. The lowest BCUT2D eigenvalue weighted by molar-refractivity contribution is -0.160. The third-order valence-electron chi connectivity index (χ3n) is 7.80. The Morgan fingerprint density at radius 1 is 1.17 bits per heavy atom. The molecule has 0 aliphatic heterocycles. The number of aryl methyl sites for hydroxylation is 1. The van der Waals surface area contributed by atoms with Crippen LogP contribution in [0.2, 0.25) is 0 Å². The minimum atomic E-state index is -0.273. The second kappa shape index (κ2) is 7.66. The molecule has 3 aliphatic rings. The zero-order valence-corrected chi connectivity index (χ0v) is 17.9. The van der Waals surface area contributed by atoms with Gasteiger partial charge < -0.3 is 14.2 Å². The molecule has 1 aromatic carbocycles. The fraction of sp³-hybridized carbons (Fsp3) is 0.667. The fourth-order valence-corrected chi connectivity index (χ4v) is 6.61. The predicted molar refractivity (Wildman–Crippen MR) is 109 cm³/mol. The van der Waals surface area contributed by atoms with E-state index in [1.165, 1.54) is 25.0 Å². The first kappa shape index (κ1) is 20.2. The minimum Gasteiger partial charge on any atom is -0.497 e. The van der Waals surface area contributed by atoms with Gasteiger partial charge >= 0.3 is 11.9 Å². The molecule has 0 N–H and O–H groups in total. The molecular weight excluding hydrogens is 368 g/mol. The van der Waals surface area contributed by atoms with Crippen LogP contribution in [0.5, 0.6) is 5.75 Å². The average molecular weight is 401 g/mol. The van der Waals surface area contributed by atoms with Gasteiger partial charge in [-0.3, -0.25) is 9.59 Å². The zero-order valence-electron chi connectivity index (χ0n) is 17.9. The molecule has 158 valence electrons. The van der Waals surface area contributed by atoms with Crippen molar-refractivity contribution in [3.8, 4) is 5.75 Å². The minimum absolute atomic E-state index is 0.0539. The van der Waals surface area contributed by atoms with E-state index in [-0.39, 0.29) is 29.4 Å². The second-order valence-corrected chi connectivity index (χ2v) is 9.35. The molecule has 5 heteroatoms. The largest absolute Gasteiger partial charge is 0.497 e. The van der Waals surface area contributed by atoms with Gasteiger partial charge in [-0.15, -0.1) is 0 Å². The maximum Gasteiger partial charge on any atom is 0.302 e. The summed E-state index contributed by atoms with van der Waals surface area (Å²) >= 11 is 0. The van der Waals surface area contributed by atoms with Crippen LogP contribution in [-0.2, 0) is 25.5 Å². The summed E-state index contributed by atoms with van der Waals surface area (Å²) < 4.78 is 16.6. The second-order valence-electron chi connectivity index (χ2n) is 9.35. The SMILES string of the molecule is COc1ccc2c(c1)CC[C@@H]1[C@@H]2CC[C@@]2(C)[C@H]1C[C@H](COC(C)=O)[C@@H]2OC(C)=O. The fourth-order valence-electron chi connectivity index (χ4n) is 6.61. The van der Waals surface area contributed by atoms with Crippen molar-refractivity contribution in [2.75, 3.05) is 13.7 Å². The Morgan fingerprint density at radius 2 is 1.97 bits per heavy atom. The highest BCUT2D eigenvalue weighted by molar-refractivity contribution is 5.66. The van der Waals surface area contributed by atoms with Crippen LogP contribution in [0.4, 0.5) is 0 Å². The number of fused-ring (bicyclic) bond motifs is 5. The summed E-state index contributed by atoms with van der Waals surface area (Å²) in [6.07, 6.45) is 5.12. The summed E-state index contributed by atoms with van der Waals surface area (Å²) in [6, 6.07) is 6.52. The smallest absolute Gasteiger partial charge is 0.302 e. The van der Waals surface area contributed by atoms with E-state index in [4.69, 9.17) is 14.2 Å². The van der Waals surface area contributed by atoms with Gasteiger partial charge in [0.2, 0.25) is 0 Å². The first-order valence-electron chi connectivity index (χ1n) is 10.8. The van der Waals surface area contributed by atoms with Crippen LogP contribution in [0.15, 0.2) is 18.2 Å². The number of carbonyl (C=O) groups is 2. The van der Waals surface area contributed by atoms with Crippen molar-refractivity contribution in [2.45, 2.75) is 64.9 Å². The van der Waals surface area contributed by atoms with Crippen molar-refractivity contribution in [2.24, 2.45) is 23.2 Å². The summed E-state index contributed by atoms with van der Waals surface area (Å²) in [5.74, 6) is 2.09. The van der Waals surface area contributed by atoms with E-state index in [2.05, 4.69) is 25.1 Å².